The third kappa shape index (κ3) is 9.77. The summed E-state index contributed by atoms with van der Waals surface area (Å²) in [6.45, 7) is 4.30. The smallest absolute Gasteiger partial charge is 0.350 e. The van der Waals surface area contributed by atoms with Crippen molar-refractivity contribution in [3.05, 3.63) is 42.0 Å². The SMILES string of the molecule is CCOC(=O)[C@H]1COc2cc(C[C@@H](C)NC[C@H](O)COc3ccc(OCOC)c(NS(C)(=O)=O)c3)ccc2O1. The fourth-order valence-electron chi connectivity index (χ4n) is 3.73. The van der Waals surface area contributed by atoms with E-state index in [0.29, 0.717) is 23.7 Å². The molecular weight excluding hydrogens is 532 g/mol. The monoisotopic (exact) mass is 568 g/mol. The van der Waals surface area contributed by atoms with Gasteiger partial charge in [0.15, 0.2) is 18.3 Å². The maximum absolute atomic E-state index is 11.9. The molecule has 0 bridgehead atoms. The maximum atomic E-state index is 11.9. The lowest BCUT2D eigenvalue weighted by Crippen LogP contribution is -2.38. The van der Waals surface area contributed by atoms with Gasteiger partial charge in [-0.15, -0.1) is 0 Å². The van der Waals surface area contributed by atoms with Gasteiger partial charge < -0.3 is 38.8 Å². The Balaban J connectivity index is 1.47. The summed E-state index contributed by atoms with van der Waals surface area (Å²) in [5, 5.41) is 13.7. The molecule has 13 heteroatoms. The summed E-state index contributed by atoms with van der Waals surface area (Å²) in [7, 11) is -2.09. The van der Waals surface area contributed by atoms with E-state index in [1.165, 1.54) is 13.2 Å². The lowest BCUT2D eigenvalue weighted by molar-refractivity contribution is -0.153. The number of esters is 1. The van der Waals surface area contributed by atoms with Crippen molar-refractivity contribution in [1.29, 1.82) is 0 Å². The van der Waals surface area contributed by atoms with Crippen molar-refractivity contribution in [3.63, 3.8) is 0 Å². The number of aliphatic hydroxyl groups excluding tert-OH is 1. The zero-order chi connectivity index (χ0) is 28.4. The molecule has 1 heterocycles. The highest BCUT2D eigenvalue weighted by Crippen LogP contribution is 2.33. The first kappa shape index (κ1) is 30.3. The quantitative estimate of drug-likeness (QED) is 0.213. The molecule has 0 amide bonds. The van der Waals surface area contributed by atoms with Crippen LogP contribution in [0.3, 0.4) is 0 Å². The molecule has 216 valence electrons. The molecule has 0 aromatic heterocycles. The molecule has 0 radical (unpaired) electrons. The minimum absolute atomic E-state index is 0.0119. The third-order valence-electron chi connectivity index (χ3n) is 5.48. The molecule has 39 heavy (non-hydrogen) atoms. The molecule has 3 rings (SSSR count). The average Bonchev–Trinajstić information content (AvgIpc) is 2.89. The Morgan fingerprint density at radius 1 is 1.18 bits per heavy atom. The van der Waals surface area contributed by atoms with E-state index < -0.39 is 28.2 Å². The van der Waals surface area contributed by atoms with Gasteiger partial charge in [-0.3, -0.25) is 4.72 Å². The molecule has 0 saturated carbocycles. The Labute approximate surface area is 228 Å². The van der Waals surface area contributed by atoms with Crippen LogP contribution >= 0.6 is 0 Å². The van der Waals surface area contributed by atoms with Crippen LogP contribution in [0.1, 0.15) is 19.4 Å². The molecule has 0 aliphatic carbocycles. The van der Waals surface area contributed by atoms with Gasteiger partial charge in [0.1, 0.15) is 30.8 Å². The maximum Gasteiger partial charge on any atom is 0.350 e. The van der Waals surface area contributed by atoms with Crippen LogP contribution in [-0.4, -0.2) is 84.3 Å². The van der Waals surface area contributed by atoms with Crippen molar-refractivity contribution < 1.29 is 46.7 Å². The molecule has 1 aliphatic rings. The molecule has 2 aromatic carbocycles. The van der Waals surface area contributed by atoms with Crippen molar-refractivity contribution in [2.24, 2.45) is 0 Å². The predicted octanol–water partition coefficient (Wildman–Crippen LogP) is 1.70. The van der Waals surface area contributed by atoms with Gasteiger partial charge in [-0.1, -0.05) is 6.07 Å². The number of anilines is 1. The van der Waals surface area contributed by atoms with Crippen LogP contribution < -0.4 is 29.0 Å². The van der Waals surface area contributed by atoms with Crippen LogP contribution in [0.15, 0.2) is 36.4 Å². The molecule has 0 saturated heterocycles. The minimum Gasteiger partial charge on any atom is -0.491 e. The number of fused-ring (bicyclic) bond motifs is 1. The highest BCUT2D eigenvalue weighted by molar-refractivity contribution is 7.92. The number of rotatable bonds is 15. The van der Waals surface area contributed by atoms with Crippen LogP contribution in [0.25, 0.3) is 0 Å². The Morgan fingerprint density at radius 3 is 2.69 bits per heavy atom. The Hall–Kier alpha value is -3.26. The van der Waals surface area contributed by atoms with E-state index in [4.69, 9.17) is 28.4 Å². The number of hydrogen-bond donors (Lipinski definition) is 3. The van der Waals surface area contributed by atoms with Crippen LogP contribution in [-0.2, 0) is 30.7 Å². The molecule has 1 aliphatic heterocycles. The van der Waals surface area contributed by atoms with Crippen LogP contribution in [0.5, 0.6) is 23.0 Å². The van der Waals surface area contributed by atoms with E-state index in [9.17, 15) is 18.3 Å². The van der Waals surface area contributed by atoms with E-state index in [-0.39, 0.29) is 50.6 Å². The first-order valence-corrected chi connectivity index (χ1v) is 14.3. The Bertz CT molecular complexity index is 1210. The van der Waals surface area contributed by atoms with Crippen molar-refractivity contribution in [1.82, 2.24) is 5.32 Å². The second-order valence-electron chi connectivity index (χ2n) is 9.01. The summed E-state index contributed by atoms with van der Waals surface area (Å²) in [5.41, 5.74) is 1.20. The largest absolute Gasteiger partial charge is 0.491 e. The lowest BCUT2D eigenvalue weighted by Gasteiger charge is -2.25. The fraction of sp³-hybridized carbons (Fsp3) is 0.500. The highest BCUT2D eigenvalue weighted by Gasteiger charge is 2.28. The molecule has 3 atom stereocenters. The predicted molar refractivity (Wildman–Crippen MR) is 143 cm³/mol. The Morgan fingerprint density at radius 2 is 1.97 bits per heavy atom. The van der Waals surface area contributed by atoms with Gasteiger partial charge in [-0.05, 0) is 50.1 Å². The summed E-state index contributed by atoms with van der Waals surface area (Å²) < 4.78 is 58.1. The zero-order valence-electron chi connectivity index (χ0n) is 22.5. The van der Waals surface area contributed by atoms with E-state index >= 15 is 0 Å². The van der Waals surface area contributed by atoms with Gasteiger partial charge in [0.2, 0.25) is 16.1 Å². The van der Waals surface area contributed by atoms with Crippen LogP contribution in [0.4, 0.5) is 5.69 Å². The summed E-state index contributed by atoms with van der Waals surface area (Å²) in [6, 6.07) is 10.2. The van der Waals surface area contributed by atoms with E-state index in [0.717, 1.165) is 11.8 Å². The number of ether oxygens (including phenoxy) is 6. The zero-order valence-corrected chi connectivity index (χ0v) is 23.3. The number of aliphatic hydroxyl groups is 1. The first-order valence-electron chi connectivity index (χ1n) is 12.4. The topological polar surface area (TPSA) is 151 Å². The van der Waals surface area contributed by atoms with Gasteiger partial charge in [-0.2, -0.15) is 0 Å². The normalized spacial score (nSPS) is 16.2. The summed E-state index contributed by atoms with van der Waals surface area (Å²) in [6.07, 6.45) is 0.0962. The van der Waals surface area contributed by atoms with E-state index in [1.54, 1.807) is 25.1 Å². The number of benzene rings is 2. The van der Waals surface area contributed by atoms with Crippen molar-refractivity contribution in [3.8, 4) is 23.0 Å². The minimum atomic E-state index is -3.55. The summed E-state index contributed by atoms with van der Waals surface area (Å²) in [5.74, 6) is 1.25. The van der Waals surface area contributed by atoms with Gasteiger partial charge in [-0.25, -0.2) is 13.2 Å². The van der Waals surface area contributed by atoms with Crippen LogP contribution in [0.2, 0.25) is 0 Å². The number of carbonyl (C=O) groups is 1. The molecule has 0 spiro atoms. The highest BCUT2D eigenvalue weighted by atomic mass is 32.2. The number of nitrogens with one attached hydrogen (secondary N) is 2. The molecule has 0 unspecified atom stereocenters. The number of hydrogen-bond acceptors (Lipinski definition) is 11. The molecular formula is C26H36N2O10S. The van der Waals surface area contributed by atoms with Gasteiger partial charge in [0.25, 0.3) is 0 Å². The average molecular weight is 569 g/mol. The van der Waals surface area contributed by atoms with E-state index in [2.05, 4.69) is 10.0 Å². The fourth-order valence-corrected chi connectivity index (χ4v) is 4.29. The van der Waals surface area contributed by atoms with Gasteiger partial charge >= 0.3 is 5.97 Å². The number of sulfonamides is 1. The number of carbonyl (C=O) groups excluding carboxylic acids is 1. The standard InChI is InChI=1S/C26H36N2O10S/c1-5-34-26(30)25-15-36-24-11-18(6-8-23(24)38-25)10-17(2)27-13-19(29)14-35-20-7-9-22(37-16-33-3)21(12-20)28-39(4,31)32/h6-9,11-12,17,19,25,27-29H,5,10,13-16H2,1-4H3/t17-,19+,25-/m1/s1. The molecule has 12 nitrogen and oxygen atoms in total. The summed E-state index contributed by atoms with van der Waals surface area (Å²) >= 11 is 0. The molecule has 2 aromatic rings. The molecule has 3 N–H and O–H groups in total. The number of methoxy groups -OCH3 is 1. The van der Waals surface area contributed by atoms with Crippen molar-refractivity contribution in [2.45, 2.75) is 38.5 Å². The third-order valence-corrected chi connectivity index (χ3v) is 6.07. The second kappa shape index (κ2) is 14.2. The van der Waals surface area contributed by atoms with Crippen LogP contribution in [0, 0.1) is 0 Å². The molecule has 0 fully saturated rings. The van der Waals surface area contributed by atoms with E-state index in [1.807, 2.05) is 19.1 Å². The summed E-state index contributed by atoms with van der Waals surface area (Å²) in [4.78, 5) is 11.9. The van der Waals surface area contributed by atoms with Gasteiger partial charge in [0.05, 0.1) is 18.6 Å². The lowest BCUT2D eigenvalue weighted by atomic mass is 10.1. The Kier molecular flexibility index (Phi) is 11.0. The second-order valence-corrected chi connectivity index (χ2v) is 10.8. The first-order chi connectivity index (χ1) is 18.6. The van der Waals surface area contributed by atoms with Crippen molar-refractivity contribution >= 4 is 21.7 Å². The van der Waals surface area contributed by atoms with Crippen molar-refractivity contribution in [2.75, 3.05) is 51.2 Å². The van der Waals surface area contributed by atoms with Gasteiger partial charge in [0, 0.05) is 25.8 Å².